The fourth-order valence-corrected chi connectivity index (χ4v) is 2.06. The molecule has 2 N–H and O–H groups in total. The van der Waals surface area contributed by atoms with Crippen molar-refractivity contribution in [3.63, 3.8) is 0 Å². The van der Waals surface area contributed by atoms with Crippen LogP contribution < -0.4 is 20.3 Å². The zero-order valence-corrected chi connectivity index (χ0v) is 14.4. The van der Waals surface area contributed by atoms with E-state index in [0.717, 1.165) is 0 Å². The molecule has 0 radical (unpaired) electrons. The van der Waals surface area contributed by atoms with E-state index in [2.05, 4.69) is 10.9 Å². The van der Waals surface area contributed by atoms with Crippen LogP contribution in [0.3, 0.4) is 0 Å². The third-order valence-electron chi connectivity index (χ3n) is 3.32. The molecule has 0 aromatic heterocycles. The second-order valence-electron chi connectivity index (χ2n) is 5.13. The Labute approximate surface area is 150 Å². The van der Waals surface area contributed by atoms with Gasteiger partial charge in [-0.25, -0.2) is 4.39 Å². The molecule has 26 heavy (non-hydrogen) atoms. The summed E-state index contributed by atoms with van der Waals surface area (Å²) in [5.41, 5.74) is 5.52. The predicted octanol–water partition coefficient (Wildman–Crippen LogP) is 2.71. The second-order valence-corrected chi connectivity index (χ2v) is 5.13. The molecule has 136 valence electrons. The normalized spacial score (nSPS) is 10.4. The molecule has 2 aromatic carbocycles. The van der Waals surface area contributed by atoms with Gasteiger partial charge in [-0.15, -0.1) is 0 Å². The number of halogens is 1. The highest BCUT2D eigenvalue weighted by atomic mass is 19.1. The minimum absolute atomic E-state index is 0.299. The van der Waals surface area contributed by atoms with E-state index in [9.17, 15) is 14.0 Å². The first-order valence-corrected chi connectivity index (χ1v) is 7.88. The molecule has 0 unspecified atom stereocenters. The molecular formula is C19H19FN2O4. The first kappa shape index (κ1) is 19.0. The number of rotatable bonds is 6. The van der Waals surface area contributed by atoms with Crippen molar-refractivity contribution in [2.45, 2.75) is 6.92 Å². The van der Waals surface area contributed by atoms with Gasteiger partial charge in [0.15, 0.2) is 11.5 Å². The van der Waals surface area contributed by atoms with Crippen molar-refractivity contribution in [1.82, 2.24) is 10.9 Å². The number of ether oxygens (including phenoxy) is 2. The highest BCUT2D eigenvalue weighted by Crippen LogP contribution is 2.27. The van der Waals surface area contributed by atoms with E-state index in [1.165, 1.54) is 49.6 Å². The van der Waals surface area contributed by atoms with Gasteiger partial charge in [0.25, 0.3) is 11.8 Å². The average Bonchev–Trinajstić information content (AvgIpc) is 2.66. The van der Waals surface area contributed by atoms with Crippen LogP contribution in [-0.2, 0) is 4.79 Å². The summed E-state index contributed by atoms with van der Waals surface area (Å²) in [6.07, 6.45) is 2.73. The molecule has 0 aliphatic heterocycles. The van der Waals surface area contributed by atoms with E-state index in [0.29, 0.717) is 29.2 Å². The van der Waals surface area contributed by atoms with E-state index in [1.54, 1.807) is 12.1 Å². The van der Waals surface area contributed by atoms with Crippen LogP contribution in [0.1, 0.15) is 22.8 Å². The summed E-state index contributed by atoms with van der Waals surface area (Å²) in [7, 11) is 1.47. The lowest BCUT2D eigenvalue weighted by molar-refractivity contribution is -0.117. The SMILES string of the molecule is CCOc1ccc(C(=O)NNC(=O)/C=C/c2ccc(F)cc2)cc1OC. The molecule has 0 saturated carbocycles. The summed E-state index contributed by atoms with van der Waals surface area (Å²) in [6, 6.07) is 10.3. The van der Waals surface area contributed by atoms with Gasteiger partial charge in [-0.3, -0.25) is 20.4 Å². The van der Waals surface area contributed by atoms with Crippen LogP contribution >= 0.6 is 0 Å². The number of amides is 2. The Morgan fingerprint density at radius 3 is 2.46 bits per heavy atom. The Kier molecular flexibility index (Phi) is 6.73. The maximum atomic E-state index is 12.8. The van der Waals surface area contributed by atoms with E-state index in [-0.39, 0.29) is 5.82 Å². The molecule has 0 atom stereocenters. The van der Waals surface area contributed by atoms with Crippen LogP contribution in [0, 0.1) is 5.82 Å². The summed E-state index contributed by atoms with van der Waals surface area (Å²) in [5.74, 6) is -0.444. The van der Waals surface area contributed by atoms with Crippen molar-refractivity contribution in [3.05, 3.63) is 65.5 Å². The van der Waals surface area contributed by atoms with E-state index in [1.807, 2.05) is 6.92 Å². The zero-order chi connectivity index (χ0) is 18.9. The van der Waals surface area contributed by atoms with Gasteiger partial charge < -0.3 is 9.47 Å². The summed E-state index contributed by atoms with van der Waals surface area (Å²) < 4.78 is 23.4. The Balaban J connectivity index is 1.93. The van der Waals surface area contributed by atoms with E-state index < -0.39 is 11.8 Å². The molecule has 6 nitrogen and oxygen atoms in total. The molecule has 0 aliphatic rings. The van der Waals surface area contributed by atoms with Crippen LogP contribution in [0.4, 0.5) is 4.39 Å². The van der Waals surface area contributed by atoms with Crippen molar-refractivity contribution in [1.29, 1.82) is 0 Å². The summed E-state index contributed by atoms with van der Waals surface area (Å²) in [5, 5.41) is 0. The largest absolute Gasteiger partial charge is 0.493 e. The summed E-state index contributed by atoms with van der Waals surface area (Å²) in [6.45, 7) is 2.31. The number of nitrogens with one attached hydrogen (secondary N) is 2. The van der Waals surface area contributed by atoms with Crippen LogP contribution in [0.15, 0.2) is 48.5 Å². The Hall–Kier alpha value is -3.35. The number of methoxy groups -OCH3 is 1. The molecule has 2 aromatic rings. The first-order chi connectivity index (χ1) is 12.5. The minimum atomic E-state index is -0.527. The van der Waals surface area contributed by atoms with Gasteiger partial charge in [0.2, 0.25) is 0 Å². The highest BCUT2D eigenvalue weighted by Gasteiger charge is 2.11. The van der Waals surface area contributed by atoms with Gasteiger partial charge in [0, 0.05) is 11.6 Å². The second kappa shape index (κ2) is 9.22. The fourth-order valence-electron chi connectivity index (χ4n) is 2.06. The first-order valence-electron chi connectivity index (χ1n) is 7.88. The number of benzene rings is 2. The number of hydrazine groups is 1. The van der Waals surface area contributed by atoms with Crippen LogP contribution in [0.25, 0.3) is 6.08 Å². The zero-order valence-electron chi connectivity index (χ0n) is 14.4. The molecule has 0 saturated heterocycles. The standard InChI is InChI=1S/C19H19FN2O4/c1-3-26-16-10-7-14(12-17(16)25-2)19(24)22-21-18(23)11-6-13-4-8-15(20)9-5-13/h4-12H,3H2,1-2H3,(H,21,23)(H,22,24)/b11-6+. The van der Waals surface area contributed by atoms with E-state index in [4.69, 9.17) is 9.47 Å². The van der Waals surface area contributed by atoms with Crippen LogP contribution in [0.2, 0.25) is 0 Å². The molecule has 0 fully saturated rings. The van der Waals surface area contributed by atoms with E-state index >= 15 is 0 Å². The Bertz CT molecular complexity index is 804. The van der Waals surface area contributed by atoms with Gasteiger partial charge in [0.05, 0.1) is 13.7 Å². The quantitative estimate of drug-likeness (QED) is 0.615. The smallest absolute Gasteiger partial charge is 0.269 e. The summed E-state index contributed by atoms with van der Waals surface area (Å²) in [4.78, 5) is 23.9. The summed E-state index contributed by atoms with van der Waals surface area (Å²) >= 11 is 0. The van der Waals surface area contributed by atoms with Gasteiger partial charge in [-0.2, -0.15) is 0 Å². The molecule has 0 aliphatic carbocycles. The minimum Gasteiger partial charge on any atom is -0.493 e. The lowest BCUT2D eigenvalue weighted by Gasteiger charge is -2.11. The topological polar surface area (TPSA) is 76.7 Å². The van der Waals surface area contributed by atoms with Crippen molar-refractivity contribution in [2.75, 3.05) is 13.7 Å². The lowest BCUT2D eigenvalue weighted by atomic mass is 10.2. The highest BCUT2D eigenvalue weighted by molar-refractivity contribution is 5.98. The maximum Gasteiger partial charge on any atom is 0.269 e. The van der Waals surface area contributed by atoms with Crippen molar-refractivity contribution in [3.8, 4) is 11.5 Å². The Morgan fingerprint density at radius 1 is 1.08 bits per heavy atom. The molecule has 2 amide bonds. The third-order valence-corrected chi connectivity index (χ3v) is 3.32. The third kappa shape index (κ3) is 5.34. The van der Waals surface area contributed by atoms with Gasteiger partial charge in [0.1, 0.15) is 5.82 Å². The lowest BCUT2D eigenvalue weighted by Crippen LogP contribution is -2.40. The molecular weight excluding hydrogens is 339 g/mol. The predicted molar refractivity (Wildman–Crippen MR) is 95.2 cm³/mol. The van der Waals surface area contributed by atoms with Crippen molar-refractivity contribution >= 4 is 17.9 Å². The fraction of sp³-hybridized carbons (Fsp3) is 0.158. The molecule has 0 heterocycles. The molecule has 2 rings (SSSR count). The Morgan fingerprint density at radius 2 is 1.81 bits per heavy atom. The molecule has 0 spiro atoms. The van der Waals surface area contributed by atoms with Gasteiger partial charge in [-0.05, 0) is 48.9 Å². The van der Waals surface area contributed by atoms with Crippen molar-refractivity contribution in [2.24, 2.45) is 0 Å². The van der Waals surface area contributed by atoms with Gasteiger partial charge in [-0.1, -0.05) is 12.1 Å². The van der Waals surface area contributed by atoms with Crippen LogP contribution in [0.5, 0.6) is 11.5 Å². The molecule has 7 heteroatoms. The monoisotopic (exact) mass is 358 g/mol. The number of hydrogen-bond acceptors (Lipinski definition) is 4. The maximum absolute atomic E-state index is 12.8. The van der Waals surface area contributed by atoms with Crippen LogP contribution in [-0.4, -0.2) is 25.5 Å². The number of carbonyl (C=O) groups is 2. The number of hydrogen-bond donors (Lipinski definition) is 2. The number of carbonyl (C=O) groups excluding carboxylic acids is 2. The average molecular weight is 358 g/mol. The molecule has 0 bridgehead atoms. The van der Waals surface area contributed by atoms with Crippen molar-refractivity contribution < 1.29 is 23.5 Å². The van der Waals surface area contributed by atoms with Gasteiger partial charge >= 0.3 is 0 Å².